The molecule has 3 rings (SSSR count). The highest BCUT2D eigenvalue weighted by Crippen LogP contribution is 2.25. The maximum Gasteiger partial charge on any atom is 0.255 e. The van der Waals surface area contributed by atoms with Crippen LogP contribution in [0.1, 0.15) is 46.3 Å². The van der Waals surface area contributed by atoms with E-state index in [2.05, 4.69) is 5.32 Å². The van der Waals surface area contributed by atoms with E-state index >= 15 is 0 Å². The third kappa shape index (κ3) is 4.06. The molecule has 1 N–H and O–H groups in total. The summed E-state index contributed by atoms with van der Waals surface area (Å²) in [6, 6.07) is 10.6. The number of hydrogen-bond donors (Lipinski definition) is 1. The first-order chi connectivity index (χ1) is 12.8. The number of nitrogens with one attached hydrogen (secondary N) is 1. The molecule has 0 aromatic heterocycles. The van der Waals surface area contributed by atoms with E-state index in [0.29, 0.717) is 24.2 Å². The van der Waals surface area contributed by atoms with Crippen LogP contribution in [0.25, 0.3) is 0 Å². The molecule has 144 valence electrons. The quantitative estimate of drug-likeness (QED) is 0.862. The second-order valence-electron chi connectivity index (χ2n) is 7.15. The van der Waals surface area contributed by atoms with Gasteiger partial charge >= 0.3 is 0 Å². The smallest absolute Gasteiger partial charge is 0.255 e. The number of carbonyl (C=O) groups excluding carboxylic acids is 1. The molecular weight excluding hydrogens is 360 g/mol. The van der Waals surface area contributed by atoms with Crippen LogP contribution in [-0.2, 0) is 10.0 Å². The van der Waals surface area contributed by atoms with Crippen molar-refractivity contribution in [2.45, 2.75) is 44.9 Å². The molecule has 2 aromatic rings. The van der Waals surface area contributed by atoms with Crippen molar-refractivity contribution >= 4 is 21.6 Å². The molecule has 0 aliphatic carbocycles. The number of amides is 1. The topological polar surface area (TPSA) is 66.5 Å². The maximum atomic E-state index is 13.0. The molecule has 0 saturated carbocycles. The zero-order valence-corrected chi connectivity index (χ0v) is 16.9. The fourth-order valence-corrected chi connectivity index (χ4v) is 5.11. The van der Waals surface area contributed by atoms with Gasteiger partial charge in [0.1, 0.15) is 0 Å². The largest absolute Gasteiger partial charge is 0.322 e. The first kappa shape index (κ1) is 19.6. The minimum absolute atomic E-state index is 0.220. The highest BCUT2D eigenvalue weighted by Gasteiger charge is 2.28. The molecule has 0 spiro atoms. The number of anilines is 1. The summed E-state index contributed by atoms with van der Waals surface area (Å²) in [6.45, 7) is 6.79. The SMILES string of the molecule is Cc1ccc(C(=O)Nc2cccc(C)c2C)cc1S(=O)(=O)N1CCCCC1. The van der Waals surface area contributed by atoms with E-state index in [1.807, 2.05) is 32.0 Å². The van der Waals surface area contributed by atoms with Crippen LogP contribution in [0.5, 0.6) is 0 Å². The van der Waals surface area contributed by atoms with Gasteiger partial charge in [-0.25, -0.2) is 8.42 Å². The fraction of sp³-hybridized carbons (Fsp3) is 0.381. The number of nitrogens with zero attached hydrogens (tertiary/aromatic N) is 1. The van der Waals surface area contributed by atoms with Crippen molar-refractivity contribution in [2.75, 3.05) is 18.4 Å². The van der Waals surface area contributed by atoms with Crippen molar-refractivity contribution in [1.82, 2.24) is 4.31 Å². The Morgan fingerprint density at radius 3 is 2.37 bits per heavy atom. The summed E-state index contributed by atoms with van der Waals surface area (Å²) in [4.78, 5) is 12.9. The molecule has 1 fully saturated rings. The monoisotopic (exact) mass is 386 g/mol. The van der Waals surface area contributed by atoms with Gasteiger partial charge < -0.3 is 5.32 Å². The molecule has 0 atom stereocenters. The van der Waals surface area contributed by atoms with E-state index in [1.165, 1.54) is 10.4 Å². The summed E-state index contributed by atoms with van der Waals surface area (Å²) in [6.07, 6.45) is 2.82. The molecule has 1 amide bonds. The zero-order chi connectivity index (χ0) is 19.6. The van der Waals surface area contributed by atoms with Crippen molar-refractivity contribution < 1.29 is 13.2 Å². The average molecular weight is 387 g/mol. The van der Waals surface area contributed by atoms with E-state index in [-0.39, 0.29) is 10.8 Å². The van der Waals surface area contributed by atoms with Gasteiger partial charge in [-0.1, -0.05) is 24.6 Å². The van der Waals surface area contributed by atoms with Crippen molar-refractivity contribution in [3.8, 4) is 0 Å². The summed E-state index contributed by atoms with van der Waals surface area (Å²) in [5.41, 5.74) is 3.83. The summed E-state index contributed by atoms with van der Waals surface area (Å²) in [7, 11) is -3.58. The Labute approximate surface area is 161 Å². The van der Waals surface area contributed by atoms with Crippen LogP contribution < -0.4 is 5.32 Å². The number of rotatable bonds is 4. The number of piperidine rings is 1. The van der Waals surface area contributed by atoms with Gasteiger partial charge in [0.2, 0.25) is 10.0 Å². The van der Waals surface area contributed by atoms with E-state index < -0.39 is 10.0 Å². The lowest BCUT2D eigenvalue weighted by atomic mass is 10.1. The van der Waals surface area contributed by atoms with Crippen LogP contribution in [0.3, 0.4) is 0 Å². The second-order valence-corrected chi connectivity index (χ2v) is 9.05. The summed E-state index contributed by atoms with van der Waals surface area (Å²) in [5, 5.41) is 2.90. The maximum absolute atomic E-state index is 13.0. The van der Waals surface area contributed by atoms with Crippen LogP contribution in [0.2, 0.25) is 0 Å². The lowest BCUT2D eigenvalue weighted by Gasteiger charge is -2.26. The molecule has 2 aromatic carbocycles. The third-order valence-corrected chi connectivity index (χ3v) is 7.28. The first-order valence-corrected chi connectivity index (χ1v) is 10.7. The summed E-state index contributed by atoms with van der Waals surface area (Å²) >= 11 is 0. The predicted molar refractivity (Wildman–Crippen MR) is 108 cm³/mol. The van der Waals surface area contributed by atoms with Crippen molar-refractivity contribution in [3.05, 3.63) is 58.7 Å². The molecule has 1 aliphatic rings. The van der Waals surface area contributed by atoms with Gasteiger partial charge in [0.15, 0.2) is 0 Å². The third-order valence-electron chi connectivity index (χ3n) is 5.24. The highest BCUT2D eigenvalue weighted by molar-refractivity contribution is 7.89. The van der Waals surface area contributed by atoms with Gasteiger partial charge in [0.25, 0.3) is 5.91 Å². The number of hydrogen-bond acceptors (Lipinski definition) is 3. The van der Waals surface area contributed by atoms with Gasteiger partial charge in [-0.05, 0) is 68.5 Å². The molecule has 1 aliphatic heterocycles. The number of aryl methyl sites for hydroxylation is 2. The lowest BCUT2D eigenvalue weighted by molar-refractivity contribution is 0.102. The molecule has 0 radical (unpaired) electrons. The van der Waals surface area contributed by atoms with Crippen LogP contribution in [-0.4, -0.2) is 31.7 Å². The summed E-state index contributed by atoms with van der Waals surface area (Å²) < 4.78 is 27.6. The van der Waals surface area contributed by atoms with Gasteiger partial charge in [-0.2, -0.15) is 4.31 Å². The Hall–Kier alpha value is -2.18. The van der Waals surface area contributed by atoms with Gasteiger partial charge in [-0.3, -0.25) is 4.79 Å². The standard InChI is InChI=1S/C21H26N2O3S/c1-15-8-7-9-19(17(15)3)22-21(24)18-11-10-16(2)20(14-18)27(25,26)23-12-5-4-6-13-23/h7-11,14H,4-6,12-13H2,1-3H3,(H,22,24). The van der Waals surface area contributed by atoms with E-state index in [0.717, 1.165) is 36.1 Å². The summed E-state index contributed by atoms with van der Waals surface area (Å²) in [5.74, 6) is -0.307. The predicted octanol–water partition coefficient (Wildman–Crippen LogP) is 4.04. The number of benzene rings is 2. The first-order valence-electron chi connectivity index (χ1n) is 9.29. The Bertz CT molecular complexity index is 961. The number of carbonyl (C=O) groups is 1. The highest BCUT2D eigenvalue weighted by atomic mass is 32.2. The minimum atomic E-state index is -3.58. The minimum Gasteiger partial charge on any atom is -0.322 e. The molecule has 27 heavy (non-hydrogen) atoms. The average Bonchev–Trinajstić information content (AvgIpc) is 2.66. The number of sulfonamides is 1. The molecule has 0 bridgehead atoms. The Kier molecular flexibility index (Phi) is 5.67. The molecule has 1 saturated heterocycles. The van der Waals surface area contributed by atoms with Crippen LogP contribution >= 0.6 is 0 Å². The Morgan fingerprint density at radius 2 is 1.67 bits per heavy atom. The Morgan fingerprint density at radius 1 is 0.963 bits per heavy atom. The molecular formula is C21H26N2O3S. The second kappa shape index (κ2) is 7.82. The van der Waals surface area contributed by atoms with E-state index in [4.69, 9.17) is 0 Å². The van der Waals surface area contributed by atoms with Crippen LogP contribution in [0, 0.1) is 20.8 Å². The Balaban J connectivity index is 1.90. The van der Waals surface area contributed by atoms with Crippen molar-refractivity contribution in [1.29, 1.82) is 0 Å². The molecule has 5 nitrogen and oxygen atoms in total. The van der Waals surface area contributed by atoms with Crippen molar-refractivity contribution in [2.24, 2.45) is 0 Å². The fourth-order valence-electron chi connectivity index (χ4n) is 3.34. The molecule has 6 heteroatoms. The molecule has 0 unspecified atom stereocenters. The lowest BCUT2D eigenvalue weighted by Crippen LogP contribution is -2.36. The zero-order valence-electron chi connectivity index (χ0n) is 16.1. The van der Waals surface area contributed by atoms with E-state index in [1.54, 1.807) is 19.1 Å². The van der Waals surface area contributed by atoms with Gasteiger partial charge in [0.05, 0.1) is 4.90 Å². The normalized spacial score (nSPS) is 15.5. The van der Waals surface area contributed by atoms with Gasteiger partial charge in [-0.15, -0.1) is 0 Å². The molecule has 1 heterocycles. The van der Waals surface area contributed by atoms with Crippen LogP contribution in [0.15, 0.2) is 41.3 Å². The van der Waals surface area contributed by atoms with E-state index in [9.17, 15) is 13.2 Å². The van der Waals surface area contributed by atoms with Gasteiger partial charge in [0, 0.05) is 24.3 Å². The van der Waals surface area contributed by atoms with Crippen molar-refractivity contribution in [3.63, 3.8) is 0 Å². The van der Waals surface area contributed by atoms with Crippen LogP contribution in [0.4, 0.5) is 5.69 Å².